The molecule has 3 aromatic rings. The Labute approximate surface area is 200 Å². The fraction of sp³-hybridized carbons (Fsp3) is 0.250. The topological polar surface area (TPSA) is 124 Å². The third-order valence-corrected chi connectivity index (χ3v) is 7.73. The van der Waals surface area contributed by atoms with Crippen LogP contribution in [0.15, 0.2) is 66.9 Å². The third-order valence-electron chi connectivity index (χ3n) is 5.81. The van der Waals surface area contributed by atoms with Gasteiger partial charge in [0.05, 0.1) is 24.3 Å². The quantitative estimate of drug-likeness (QED) is 0.348. The number of anilines is 3. The molecule has 2 aromatic carbocycles. The van der Waals surface area contributed by atoms with Gasteiger partial charge in [0, 0.05) is 44.5 Å². The van der Waals surface area contributed by atoms with Crippen LogP contribution in [0, 0.1) is 0 Å². The second kappa shape index (κ2) is 9.90. The van der Waals surface area contributed by atoms with Gasteiger partial charge in [-0.05, 0) is 27.5 Å². The van der Waals surface area contributed by atoms with Crippen molar-refractivity contribution in [2.24, 2.45) is 5.73 Å². The van der Waals surface area contributed by atoms with Crippen LogP contribution in [0.1, 0.15) is 27.4 Å². The Morgan fingerprint density at radius 1 is 1.18 bits per heavy atom. The van der Waals surface area contributed by atoms with Gasteiger partial charge in [0.15, 0.2) is 0 Å². The van der Waals surface area contributed by atoms with Gasteiger partial charge in [-0.15, -0.1) is 0 Å². The highest BCUT2D eigenvalue weighted by Gasteiger charge is 2.47. The van der Waals surface area contributed by atoms with Gasteiger partial charge in [0.25, 0.3) is 5.91 Å². The summed E-state index contributed by atoms with van der Waals surface area (Å²) in [5, 5.41) is 6.52. The number of benzene rings is 2. The number of carbonyl (C=O) groups excluding carboxylic acids is 1. The van der Waals surface area contributed by atoms with Gasteiger partial charge in [-0.1, -0.05) is 51.1 Å². The number of pyridine rings is 1. The fourth-order valence-electron chi connectivity index (χ4n) is 3.72. The first-order valence-corrected chi connectivity index (χ1v) is 12.3. The van der Waals surface area contributed by atoms with Crippen molar-refractivity contribution in [1.29, 1.82) is 0 Å². The van der Waals surface area contributed by atoms with Gasteiger partial charge in [0.1, 0.15) is 5.82 Å². The highest BCUT2D eigenvalue weighted by molar-refractivity contribution is 7.93. The van der Waals surface area contributed by atoms with Gasteiger partial charge in [-0.3, -0.25) is 4.79 Å². The normalized spacial score (nSPS) is 16.0. The van der Waals surface area contributed by atoms with E-state index in [2.05, 4.69) is 15.6 Å². The van der Waals surface area contributed by atoms with Crippen LogP contribution in [0.25, 0.3) is 0 Å². The average Bonchev–Trinajstić information content (AvgIpc) is 2.78. The number of hydrogen-bond donors (Lipinski definition) is 4. The molecule has 10 heteroatoms. The van der Waals surface area contributed by atoms with E-state index in [0.717, 1.165) is 16.8 Å². The summed E-state index contributed by atoms with van der Waals surface area (Å²) in [7, 11) is 0.0907. The molecule has 1 aliphatic heterocycles. The molecule has 0 saturated carbocycles. The van der Waals surface area contributed by atoms with E-state index in [0.29, 0.717) is 36.7 Å². The number of primary amides is 1. The SMILES string of the molecule is CN(C)[S+](=O)(O)N1CC(c2ccc(Nc3cc(NCc4ccccc4)c(C(N)=O)cn3)cc2)C1. The summed E-state index contributed by atoms with van der Waals surface area (Å²) >= 11 is 0. The number of carbonyl (C=O) groups is 1. The number of hydrogen-bond acceptors (Lipinski definition) is 5. The largest absolute Gasteiger partial charge is 0.380 e. The van der Waals surface area contributed by atoms with Crippen LogP contribution < -0.4 is 16.4 Å². The van der Waals surface area contributed by atoms with Crippen LogP contribution in [-0.2, 0) is 21.3 Å². The van der Waals surface area contributed by atoms with E-state index in [9.17, 15) is 13.6 Å². The first kappa shape index (κ1) is 23.8. The van der Waals surface area contributed by atoms with Crippen LogP contribution >= 0.6 is 0 Å². The molecule has 5 N–H and O–H groups in total. The van der Waals surface area contributed by atoms with Crippen LogP contribution in [0.2, 0.25) is 0 Å². The third kappa shape index (κ3) is 5.26. The van der Waals surface area contributed by atoms with Gasteiger partial charge in [-0.25, -0.2) is 4.98 Å². The van der Waals surface area contributed by atoms with Gasteiger partial charge < -0.3 is 16.4 Å². The first-order valence-electron chi connectivity index (χ1n) is 10.9. The van der Waals surface area contributed by atoms with Crippen molar-refractivity contribution in [2.75, 3.05) is 37.8 Å². The molecule has 2 heterocycles. The zero-order valence-electron chi connectivity index (χ0n) is 19.1. The molecule has 9 nitrogen and oxygen atoms in total. The maximum atomic E-state index is 12.3. The van der Waals surface area contributed by atoms with Crippen molar-refractivity contribution in [1.82, 2.24) is 13.6 Å². The van der Waals surface area contributed by atoms with Crippen LogP contribution in [0.4, 0.5) is 17.2 Å². The number of nitrogens with two attached hydrogens (primary N) is 1. The Morgan fingerprint density at radius 3 is 2.47 bits per heavy atom. The Balaban J connectivity index is 1.41. The van der Waals surface area contributed by atoms with Crippen LogP contribution in [0.5, 0.6) is 0 Å². The van der Waals surface area contributed by atoms with Gasteiger partial charge >= 0.3 is 10.6 Å². The van der Waals surface area contributed by atoms with E-state index in [1.54, 1.807) is 24.5 Å². The maximum absolute atomic E-state index is 12.3. The molecule has 178 valence electrons. The molecule has 0 aliphatic carbocycles. The Bertz CT molecular complexity index is 1200. The summed E-state index contributed by atoms with van der Waals surface area (Å²) < 4.78 is 25.3. The lowest BCUT2D eigenvalue weighted by Gasteiger charge is -2.36. The lowest BCUT2D eigenvalue weighted by atomic mass is 9.93. The summed E-state index contributed by atoms with van der Waals surface area (Å²) in [4.78, 5) is 16.2. The zero-order valence-corrected chi connectivity index (χ0v) is 20.0. The van der Waals surface area contributed by atoms with E-state index in [-0.39, 0.29) is 5.92 Å². The molecule has 4 rings (SSSR count). The van der Waals surface area contributed by atoms with Crippen molar-refractivity contribution < 1.29 is 13.6 Å². The molecule has 1 amide bonds. The lowest BCUT2D eigenvalue weighted by molar-refractivity contribution is 0.100. The number of nitrogens with zero attached hydrogens (tertiary/aromatic N) is 3. The molecule has 0 radical (unpaired) electrons. The molecule has 34 heavy (non-hydrogen) atoms. The molecule has 1 aromatic heterocycles. The number of nitrogens with one attached hydrogen (secondary N) is 2. The average molecular weight is 482 g/mol. The van der Waals surface area contributed by atoms with Crippen molar-refractivity contribution in [2.45, 2.75) is 12.5 Å². The van der Waals surface area contributed by atoms with E-state index in [4.69, 9.17) is 5.73 Å². The molecular weight excluding hydrogens is 452 g/mol. The zero-order chi connectivity index (χ0) is 24.3. The number of aromatic nitrogens is 1. The lowest BCUT2D eigenvalue weighted by Crippen LogP contribution is -2.55. The second-order valence-corrected chi connectivity index (χ2v) is 10.6. The Hall–Kier alpha value is -3.31. The predicted octanol–water partition coefficient (Wildman–Crippen LogP) is 3.30. The predicted molar refractivity (Wildman–Crippen MR) is 135 cm³/mol. The molecule has 1 aliphatic rings. The molecular formula is C24H29N6O3S+. The second-order valence-electron chi connectivity index (χ2n) is 8.39. The molecule has 1 unspecified atom stereocenters. The van der Waals surface area contributed by atoms with Crippen LogP contribution in [-0.4, -0.2) is 51.2 Å². The van der Waals surface area contributed by atoms with Gasteiger partial charge in [0.2, 0.25) is 0 Å². The smallest absolute Gasteiger partial charge is 0.374 e. The summed E-state index contributed by atoms with van der Waals surface area (Å²) in [5.41, 5.74) is 9.48. The van der Waals surface area contributed by atoms with Crippen molar-refractivity contribution in [3.63, 3.8) is 0 Å². The minimum absolute atomic E-state index is 0.212. The molecule has 0 bridgehead atoms. The van der Waals surface area contributed by atoms with Crippen molar-refractivity contribution in [3.05, 3.63) is 83.6 Å². The summed E-state index contributed by atoms with van der Waals surface area (Å²) in [6.45, 7) is 1.62. The number of rotatable bonds is 9. The van der Waals surface area contributed by atoms with E-state index in [1.165, 1.54) is 10.5 Å². The minimum atomic E-state index is -3.11. The van der Waals surface area contributed by atoms with E-state index >= 15 is 0 Å². The maximum Gasteiger partial charge on any atom is 0.374 e. The summed E-state index contributed by atoms with van der Waals surface area (Å²) in [6.07, 6.45) is 1.46. The Kier molecular flexibility index (Phi) is 6.94. The molecule has 1 saturated heterocycles. The monoisotopic (exact) mass is 481 g/mol. The fourth-order valence-corrected chi connectivity index (χ4v) is 4.93. The van der Waals surface area contributed by atoms with E-state index < -0.39 is 16.5 Å². The Morgan fingerprint density at radius 2 is 1.85 bits per heavy atom. The highest BCUT2D eigenvalue weighted by Crippen LogP contribution is 2.33. The molecule has 0 spiro atoms. The number of amides is 1. The van der Waals surface area contributed by atoms with Gasteiger partial charge in [-0.2, -0.15) is 4.55 Å². The van der Waals surface area contributed by atoms with Crippen molar-refractivity contribution in [3.8, 4) is 0 Å². The molecule has 1 fully saturated rings. The first-order chi connectivity index (χ1) is 16.2. The standard InChI is InChI=1S/C24H28N6O3S/c1-29(2)34(32,33)30-15-19(16-30)18-8-10-20(11-9-18)28-23-12-22(21(14-27-23)24(25)31)26-13-17-6-4-3-5-7-17/h3-12,14,19H,13,15-16H2,1-2H3,(H4-,25,26,27,28,31,32,33)/p+1. The minimum Gasteiger partial charge on any atom is -0.380 e. The van der Waals surface area contributed by atoms with Crippen LogP contribution in [0.3, 0.4) is 0 Å². The molecule has 1 atom stereocenters. The highest BCUT2D eigenvalue weighted by atomic mass is 32.3. The summed E-state index contributed by atoms with van der Waals surface area (Å²) in [6, 6.07) is 19.5. The summed E-state index contributed by atoms with van der Waals surface area (Å²) in [5.74, 6) is 0.243. The van der Waals surface area contributed by atoms with E-state index in [1.807, 2.05) is 54.6 Å². The van der Waals surface area contributed by atoms with Crippen molar-refractivity contribution >= 4 is 33.7 Å².